The molecule has 6 heteroatoms. The van der Waals surface area contributed by atoms with E-state index in [1.807, 2.05) is 30.3 Å². The summed E-state index contributed by atoms with van der Waals surface area (Å²) in [6.45, 7) is 2.48. The molecule has 2 aromatic rings. The van der Waals surface area contributed by atoms with Gasteiger partial charge in [-0.15, -0.1) is 0 Å². The molecule has 6 nitrogen and oxygen atoms in total. The van der Waals surface area contributed by atoms with Crippen molar-refractivity contribution < 1.29 is 14.3 Å². The van der Waals surface area contributed by atoms with Crippen LogP contribution in [-0.2, 0) is 20.9 Å². The van der Waals surface area contributed by atoms with E-state index < -0.39 is 5.97 Å². The zero-order valence-electron chi connectivity index (χ0n) is 13.3. The number of esters is 1. The Bertz CT molecular complexity index is 780. The third-order valence-corrected chi connectivity index (χ3v) is 3.62. The first-order valence-electron chi connectivity index (χ1n) is 7.45. The van der Waals surface area contributed by atoms with Gasteiger partial charge in [-0.05, 0) is 24.4 Å². The monoisotopic (exact) mass is 316 g/mol. The molecule has 23 heavy (non-hydrogen) atoms. The molecule has 0 aliphatic carbocycles. The first-order chi connectivity index (χ1) is 11.0. The van der Waals surface area contributed by atoms with Crippen molar-refractivity contribution in [1.82, 2.24) is 9.88 Å². The highest BCUT2D eigenvalue weighted by Gasteiger charge is 2.08. The lowest BCUT2D eigenvalue weighted by molar-refractivity contribution is -0.142. The zero-order valence-corrected chi connectivity index (χ0v) is 13.3. The predicted octanol–water partition coefficient (Wildman–Crippen LogP) is 1.38. The molecule has 0 saturated heterocycles. The summed E-state index contributed by atoms with van der Waals surface area (Å²) in [5.74, 6) is -0.651. The third kappa shape index (κ3) is 4.18. The highest BCUT2D eigenvalue weighted by molar-refractivity contribution is 5.81. The molecule has 0 unspecified atom stereocenters. The fourth-order valence-electron chi connectivity index (χ4n) is 2.41. The lowest BCUT2D eigenvalue weighted by atomic mass is 10.1. The number of rotatable bonds is 6. The van der Waals surface area contributed by atoms with E-state index in [0.29, 0.717) is 18.7 Å². The standard InChI is InChI=1S/C17H20N2O4/c1-12-11-13-5-3-4-6-14(13)19(17(12)22)10-9-18-15(20)7-8-16(21)23-2/h3-6,11H,7-10H2,1-2H3,(H,18,20). The lowest BCUT2D eigenvalue weighted by Crippen LogP contribution is -2.31. The van der Waals surface area contributed by atoms with E-state index in [1.54, 1.807) is 11.5 Å². The molecule has 2 rings (SSSR count). The van der Waals surface area contributed by atoms with Crippen LogP contribution in [0, 0.1) is 6.92 Å². The number of pyridine rings is 1. The molecule has 1 amide bonds. The molecular weight excluding hydrogens is 296 g/mol. The number of amides is 1. The summed E-state index contributed by atoms with van der Waals surface area (Å²) in [6, 6.07) is 9.50. The van der Waals surface area contributed by atoms with Crippen molar-refractivity contribution in [3.63, 3.8) is 0 Å². The van der Waals surface area contributed by atoms with E-state index in [1.165, 1.54) is 7.11 Å². The number of ether oxygens (including phenoxy) is 1. The molecule has 0 aliphatic heterocycles. The summed E-state index contributed by atoms with van der Waals surface area (Å²) in [7, 11) is 1.29. The Morgan fingerprint density at radius 1 is 1.22 bits per heavy atom. The highest BCUT2D eigenvalue weighted by Crippen LogP contribution is 2.12. The summed E-state index contributed by atoms with van der Waals surface area (Å²) in [4.78, 5) is 35.0. The van der Waals surface area contributed by atoms with Crippen molar-refractivity contribution in [2.75, 3.05) is 13.7 Å². The average molecular weight is 316 g/mol. The molecule has 1 aromatic heterocycles. The van der Waals surface area contributed by atoms with E-state index in [0.717, 1.165) is 10.9 Å². The fourth-order valence-corrected chi connectivity index (χ4v) is 2.41. The number of fused-ring (bicyclic) bond motifs is 1. The van der Waals surface area contributed by atoms with Gasteiger partial charge in [-0.25, -0.2) is 0 Å². The summed E-state index contributed by atoms with van der Waals surface area (Å²) in [5.41, 5.74) is 1.44. The van der Waals surface area contributed by atoms with Gasteiger partial charge in [-0.1, -0.05) is 18.2 Å². The second-order valence-electron chi connectivity index (χ2n) is 5.27. The Kier molecular flexibility index (Phi) is 5.51. The van der Waals surface area contributed by atoms with E-state index in [2.05, 4.69) is 10.1 Å². The van der Waals surface area contributed by atoms with Crippen LogP contribution in [0.25, 0.3) is 10.9 Å². The van der Waals surface area contributed by atoms with Crippen LogP contribution in [-0.4, -0.2) is 30.1 Å². The minimum Gasteiger partial charge on any atom is -0.469 e. The molecule has 0 radical (unpaired) electrons. The highest BCUT2D eigenvalue weighted by atomic mass is 16.5. The summed E-state index contributed by atoms with van der Waals surface area (Å²) >= 11 is 0. The number of nitrogens with zero attached hydrogens (tertiary/aromatic N) is 1. The zero-order chi connectivity index (χ0) is 16.8. The van der Waals surface area contributed by atoms with Gasteiger partial charge in [0.05, 0.1) is 19.0 Å². The van der Waals surface area contributed by atoms with Crippen LogP contribution in [0.4, 0.5) is 0 Å². The molecule has 0 saturated carbocycles. The number of benzene rings is 1. The second kappa shape index (κ2) is 7.58. The molecule has 0 spiro atoms. The minimum atomic E-state index is -0.416. The van der Waals surface area contributed by atoms with Gasteiger partial charge in [-0.3, -0.25) is 14.4 Å². The van der Waals surface area contributed by atoms with Crippen molar-refractivity contribution >= 4 is 22.8 Å². The number of aryl methyl sites for hydroxylation is 1. The SMILES string of the molecule is COC(=O)CCC(=O)NCCn1c(=O)c(C)cc2ccccc21. The Hall–Kier alpha value is -2.63. The van der Waals surface area contributed by atoms with Crippen LogP contribution in [0.5, 0.6) is 0 Å². The van der Waals surface area contributed by atoms with Crippen LogP contribution in [0.15, 0.2) is 35.1 Å². The number of para-hydroxylation sites is 1. The maximum absolute atomic E-state index is 12.3. The molecule has 1 heterocycles. The molecular formula is C17H20N2O4. The Labute approximate surface area is 134 Å². The van der Waals surface area contributed by atoms with E-state index in [9.17, 15) is 14.4 Å². The fraction of sp³-hybridized carbons (Fsp3) is 0.353. The first-order valence-corrected chi connectivity index (χ1v) is 7.45. The maximum atomic E-state index is 12.3. The second-order valence-corrected chi connectivity index (χ2v) is 5.27. The molecule has 1 N–H and O–H groups in total. The number of hydrogen-bond donors (Lipinski definition) is 1. The van der Waals surface area contributed by atoms with Gasteiger partial charge in [-0.2, -0.15) is 0 Å². The van der Waals surface area contributed by atoms with Crippen molar-refractivity contribution in [3.8, 4) is 0 Å². The van der Waals surface area contributed by atoms with Crippen LogP contribution in [0.3, 0.4) is 0 Å². The van der Waals surface area contributed by atoms with Crippen molar-refractivity contribution in [3.05, 3.63) is 46.2 Å². The molecule has 0 aliphatic rings. The van der Waals surface area contributed by atoms with Gasteiger partial charge in [0.1, 0.15) is 0 Å². The molecule has 122 valence electrons. The third-order valence-electron chi connectivity index (χ3n) is 3.62. The summed E-state index contributed by atoms with van der Waals surface area (Å²) in [6.07, 6.45) is 0.131. The summed E-state index contributed by atoms with van der Waals surface area (Å²) < 4.78 is 6.15. The molecule has 0 bridgehead atoms. The van der Waals surface area contributed by atoms with Crippen LogP contribution in [0.1, 0.15) is 18.4 Å². The number of methoxy groups -OCH3 is 1. The lowest BCUT2D eigenvalue weighted by Gasteiger charge is -2.12. The van der Waals surface area contributed by atoms with Gasteiger partial charge < -0.3 is 14.6 Å². The average Bonchev–Trinajstić information content (AvgIpc) is 2.56. The van der Waals surface area contributed by atoms with Gasteiger partial charge in [0.25, 0.3) is 5.56 Å². The number of aromatic nitrogens is 1. The van der Waals surface area contributed by atoms with Crippen LogP contribution >= 0.6 is 0 Å². The number of nitrogens with one attached hydrogen (secondary N) is 1. The molecule has 0 atom stereocenters. The predicted molar refractivity (Wildman–Crippen MR) is 87.2 cm³/mol. The number of carbonyl (C=O) groups excluding carboxylic acids is 2. The molecule has 0 fully saturated rings. The van der Waals surface area contributed by atoms with Crippen molar-refractivity contribution in [1.29, 1.82) is 0 Å². The Morgan fingerprint density at radius 2 is 1.96 bits per heavy atom. The largest absolute Gasteiger partial charge is 0.469 e. The quantitative estimate of drug-likeness (QED) is 0.817. The van der Waals surface area contributed by atoms with Gasteiger partial charge >= 0.3 is 5.97 Å². The summed E-state index contributed by atoms with van der Waals surface area (Å²) in [5, 5.41) is 3.70. The van der Waals surface area contributed by atoms with Crippen molar-refractivity contribution in [2.45, 2.75) is 26.3 Å². The van der Waals surface area contributed by atoms with Gasteiger partial charge in [0.2, 0.25) is 5.91 Å². The minimum absolute atomic E-state index is 0.0512. The van der Waals surface area contributed by atoms with E-state index in [4.69, 9.17) is 0 Å². The van der Waals surface area contributed by atoms with Gasteiger partial charge in [0, 0.05) is 25.1 Å². The Morgan fingerprint density at radius 3 is 2.70 bits per heavy atom. The number of hydrogen-bond acceptors (Lipinski definition) is 4. The van der Waals surface area contributed by atoms with Crippen LogP contribution < -0.4 is 10.9 Å². The first kappa shape index (κ1) is 16.7. The smallest absolute Gasteiger partial charge is 0.306 e. The van der Waals surface area contributed by atoms with Crippen molar-refractivity contribution in [2.24, 2.45) is 0 Å². The molecule has 1 aromatic carbocycles. The topological polar surface area (TPSA) is 77.4 Å². The maximum Gasteiger partial charge on any atom is 0.306 e. The Balaban J connectivity index is 2.02. The van der Waals surface area contributed by atoms with E-state index >= 15 is 0 Å². The normalized spacial score (nSPS) is 10.5. The van der Waals surface area contributed by atoms with E-state index in [-0.39, 0.29) is 24.3 Å². The number of carbonyl (C=O) groups is 2. The van der Waals surface area contributed by atoms with Crippen LogP contribution in [0.2, 0.25) is 0 Å². The van der Waals surface area contributed by atoms with Gasteiger partial charge in [0.15, 0.2) is 0 Å².